The maximum Gasteiger partial charge on any atom is 0.340 e. The van der Waals surface area contributed by atoms with Crippen molar-refractivity contribution in [1.82, 2.24) is 9.88 Å². The number of piperidine rings is 4. The molecule has 6 heteroatoms. The number of aromatic nitrogens is 1. The molecule has 6 nitrogen and oxygen atoms in total. The van der Waals surface area contributed by atoms with Gasteiger partial charge in [0.2, 0.25) is 0 Å². The minimum absolute atomic E-state index is 0.0583. The van der Waals surface area contributed by atoms with Gasteiger partial charge in [0.05, 0.1) is 11.7 Å². The number of hydrogen-bond acceptors (Lipinski definition) is 5. The Bertz CT molecular complexity index is 816. The maximum absolute atomic E-state index is 12.6. The van der Waals surface area contributed by atoms with Gasteiger partial charge >= 0.3 is 5.97 Å². The van der Waals surface area contributed by atoms with Gasteiger partial charge in [-0.05, 0) is 30.9 Å². The number of nitrogens with zero attached hydrogens (tertiary/aromatic N) is 1. The number of esters is 1. The number of ether oxygens (including phenoxy) is 1. The van der Waals surface area contributed by atoms with E-state index in [1.807, 2.05) is 0 Å². The van der Waals surface area contributed by atoms with E-state index in [2.05, 4.69) is 9.88 Å². The van der Waals surface area contributed by atoms with Gasteiger partial charge in [-0.15, -0.1) is 0 Å². The van der Waals surface area contributed by atoms with Crippen molar-refractivity contribution in [3.8, 4) is 5.75 Å². The highest BCUT2D eigenvalue weighted by Crippen LogP contribution is 2.43. The minimum Gasteiger partial charge on any atom is -0.508 e. The monoisotopic (exact) mass is 342 g/mol. The fourth-order valence-corrected chi connectivity index (χ4v) is 5.10. The third-order valence-electron chi connectivity index (χ3n) is 6.26. The second-order valence-electron chi connectivity index (χ2n) is 7.73. The van der Waals surface area contributed by atoms with E-state index in [0.29, 0.717) is 23.6 Å². The number of fused-ring (bicyclic) bond motifs is 2. The number of nitrogens with one attached hydrogen (secondary N) is 1. The van der Waals surface area contributed by atoms with E-state index in [9.17, 15) is 15.0 Å². The molecule has 0 spiro atoms. The number of aromatic amines is 1. The van der Waals surface area contributed by atoms with Crippen molar-refractivity contribution in [3.05, 3.63) is 30.0 Å². The number of phenols is 1. The molecule has 1 aromatic heterocycles. The highest BCUT2D eigenvalue weighted by Gasteiger charge is 2.49. The van der Waals surface area contributed by atoms with Crippen LogP contribution in [0.2, 0.25) is 0 Å². The molecule has 5 heterocycles. The van der Waals surface area contributed by atoms with Crippen LogP contribution in [0.4, 0.5) is 0 Å². The van der Waals surface area contributed by atoms with Gasteiger partial charge in [0, 0.05) is 54.6 Å². The lowest BCUT2D eigenvalue weighted by Gasteiger charge is -2.56. The summed E-state index contributed by atoms with van der Waals surface area (Å²) in [5.74, 6) is 0.278. The number of aliphatic hydroxyl groups is 1. The van der Waals surface area contributed by atoms with E-state index in [0.717, 1.165) is 43.1 Å². The predicted molar refractivity (Wildman–Crippen MR) is 91.4 cm³/mol. The van der Waals surface area contributed by atoms with E-state index in [1.165, 1.54) is 0 Å². The van der Waals surface area contributed by atoms with Crippen molar-refractivity contribution in [3.63, 3.8) is 0 Å². The molecule has 25 heavy (non-hydrogen) atoms. The third kappa shape index (κ3) is 2.43. The molecule has 4 aliphatic rings. The number of phenolic OH excluding ortho intramolecular Hbond substituents is 1. The van der Waals surface area contributed by atoms with Crippen LogP contribution in [0, 0.1) is 5.92 Å². The number of carbonyl (C=O) groups excluding carboxylic acids is 1. The maximum atomic E-state index is 12.6. The van der Waals surface area contributed by atoms with Crippen molar-refractivity contribution in [1.29, 1.82) is 0 Å². The van der Waals surface area contributed by atoms with Gasteiger partial charge in [-0.3, -0.25) is 4.90 Å². The molecule has 6 rings (SSSR count). The Hall–Kier alpha value is -2.05. The van der Waals surface area contributed by atoms with E-state index in [4.69, 9.17) is 4.74 Å². The van der Waals surface area contributed by atoms with Gasteiger partial charge in [-0.25, -0.2) is 4.79 Å². The topological polar surface area (TPSA) is 85.8 Å². The van der Waals surface area contributed by atoms with Crippen molar-refractivity contribution in [2.24, 2.45) is 5.92 Å². The summed E-state index contributed by atoms with van der Waals surface area (Å²) in [4.78, 5) is 18.1. The molecule has 3 atom stereocenters. The molecule has 1 aromatic carbocycles. The lowest BCUT2D eigenvalue weighted by atomic mass is 9.71. The zero-order valence-electron chi connectivity index (χ0n) is 13.9. The van der Waals surface area contributed by atoms with Gasteiger partial charge in [0.15, 0.2) is 0 Å². The summed E-state index contributed by atoms with van der Waals surface area (Å²) in [6, 6.07) is 5.77. The molecule has 2 aromatic rings. The van der Waals surface area contributed by atoms with Crippen LogP contribution < -0.4 is 0 Å². The van der Waals surface area contributed by atoms with Gasteiger partial charge < -0.3 is 19.9 Å². The highest BCUT2D eigenvalue weighted by atomic mass is 16.5. The standard InChI is InChI=1S/C19H22N2O4/c22-13-1-2-15-16(8-20-17(15)7-13)19(24)25-14-5-11-3-10-4-12(6-14)21(11)9-18(10)23/h1-2,7-8,10-12,14,18,20,22-23H,3-6,9H2. The van der Waals surface area contributed by atoms with E-state index >= 15 is 0 Å². The van der Waals surface area contributed by atoms with Crippen molar-refractivity contribution in [2.75, 3.05) is 6.54 Å². The Labute approximate surface area is 145 Å². The number of hydrogen-bond donors (Lipinski definition) is 3. The van der Waals surface area contributed by atoms with E-state index in [1.54, 1.807) is 24.4 Å². The van der Waals surface area contributed by atoms with Crippen LogP contribution in [0.1, 0.15) is 36.0 Å². The Morgan fingerprint density at radius 2 is 1.96 bits per heavy atom. The fourth-order valence-electron chi connectivity index (χ4n) is 5.10. The van der Waals surface area contributed by atoms with Gasteiger partial charge in [-0.2, -0.15) is 0 Å². The molecule has 132 valence electrons. The minimum atomic E-state index is -0.304. The molecule has 0 saturated carbocycles. The molecule has 0 amide bonds. The largest absolute Gasteiger partial charge is 0.508 e. The van der Waals surface area contributed by atoms with Gasteiger partial charge in [0.1, 0.15) is 11.9 Å². The summed E-state index contributed by atoms with van der Waals surface area (Å²) in [5, 5.41) is 20.4. The van der Waals surface area contributed by atoms with Crippen LogP contribution in [0.5, 0.6) is 5.75 Å². The molecular weight excluding hydrogens is 320 g/mol. The molecular formula is C19H22N2O4. The number of H-pyrrole nitrogens is 1. The molecule has 0 radical (unpaired) electrons. The predicted octanol–water partition coefficient (Wildman–Crippen LogP) is 2.02. The van der Waals surface area contributed by atoms with Crippen molar-refractivity contribution >= 4 is 16.9 Å². The summed E-state index contributed by atoms with van der Waals surface area (Å²) in [6.07, 6.45) is 5.14. The van der Waals surface area contributed by atoms with Gasteiger partial charge in [-0.1, -0.05) is 0 Å². The highest BCUT2D eigenvalue weighted by molar-refractivity contribution is 6.04. The third-order valence-corrected chi connectivity index (χ3v) is 6.26. The first-order valence-electron chi connectivity index (χ1n) is 9.03. The van der Waals surface area contributed by atoms with Crippen LogP contribution in [0.3, 0.4) is 0 Å². The summed E-state index contributed by atoms with van der Waals surface area (Å²) in [5.41, 5.74) is 1.24. The van der Waals surface area contributed by atoms with Crippen LogP contribution in [-0.2, 0) is 4.74 Å². The Morgan fingerprint density at radius 3 is 2.68 bits per heavy atom. The second-order valence-corrected chi connectivity index (χ2v) is 7.73. The molecule has 0 aliphatic carbocycles. The number of rotatable bonds is 2. The second kappa shape index (κ2) is 5.47. The zero-order chi connectivity index (χ0) is 17.1. The van der Waals surface area contributed by atoms with Crippen LogP contribution in [-0.4, -0.2) is 56.9 Å². The Morgan fingerprint density at radius 1 is 1.20 bits per heavy atom. The first-order chi connectivity index (χ1) is 12.1. The van der Waals surface area contributed by atoms with Crippen LogP contribution in [0.25, 0.3) is 10.9 Å². The summed E-state index contributed by atoms with van der Waals surface area (Å²) >= 11 is 0. The Kier molecular flexibility index (Phi) is 3.33. The molecule has 3 N–H and O–H groups in total. The summed E-state index contributed by atoms with van der Waals surface area (Å²) in [6.45, 7) is 0.770. The number of aliphatic hydroxyl groups excluding tert-OH is 1. The fraction of sp³-hybridized carbons (Fsp3) is 0.526. The van der Waals surface area contributed by atoms with Crippen LogP contribution >= 0.6 is 0 Å². The average Bonchev–Trinajstić information content (AvgIpc) is 2.98. The smallest absolute Gasteiger partial charge is 0.340 e. The molecule has 4 aliphatic heterocycles. The quantitative estimate of drug-likeness (QED) is 0.727. The lowest BCUT2D eigenvalue weighted by Crippen LogP contribution is -2.64. The first kappa shape index (κ1) is 15.2. The van der Waals surface area contributed by atoms with E-state index < -0.39 is 0 Å². The summed E-state index contributed by atoms with van der Waals surface area (Å²) < 4.78 is 5.83. The lowest BCUT2D eigenvalue weighted by molar-refractivity contribution is -0.130. The first-order valence-corrected chi connectivity index (χ1v) is 9.03. The van der Waals surface area contributed by atoms with E-state index in [-0.39, 0.29) is 23.9 Å². The summed E-state index contributed by atoms with van der Waals surface area (Å²) in [7, 11) is 0. The molecule has 3 unspecified atom stereocenters. The van der Waals surface area contributed by atoms with Crippen molar-refractivity contribution in [2.45, 2.75) is 50.0 Å². The molecule has 4 saturated heterocycles. The van der Waals surface area contributed by atoms with Crippen molar-refractivity contribution < 1.29 is 19.7 Å². The Balaban J connectivity index is 1.32. The molecule has 4 bridgehead atoms. The normalized spacial score (nSPS) is 36.5. The molecule has 4 fully saturated rings. The van der Waals surface area contributed by atoms with Gasteiger partial charge in [0.25, 0.3) is 0 Å². The van der Waals surface area contributed by atoms with Crippen LogP contribution in [0.15, 0.2) is 24.4 Å². The zero-order valence-corrected chi connectivity index (χ0v) is 13.9. The number of benzene rings is 1. The number of carbonyl (C=O) groups is 1. The SMILES string of the molecule is O=C(OC1CC2CC3CC(C1)N2CC3O)c1c[nH]c2cc(O)ccc12. The number of aromatic hydroxyl groups is 1. The average molecular weight is 342 g/mol.